The SMILES string of the molecule is CC(=O)c1cc2nc(-c3ccc(Cl)c(F)c3)cc(C(C)(C)C)c2o1. The van der Waals surface area contributed by atoms with Gasteiger partial charge in [0.2, 0.25) is 0 Å². The fourth-order valence-corrected chi connectivity index (χ4v) is 2.67. The molecular formula is C19H17ClFNO2. The molecule has 2 heterocycles. The van der Waals surface area contributed by atoms with E-state index in [2.05, 4.69) is 4.98 Å². The average molecular weight is 346 g/mol. The monoisotopic (exact) mass is 345 g/mol. The first-order chi connectivity index (χ1) is 11.2. The molecule has 24 heavy (non-hydrogen) atoms. The highest BCUT2D eigenvalue weighted by Crippen LogP contribution is 2.35. The summed E-state index contributed by atoms with van der Waals surface area (Å²) in [6.07, 6.45) is 0. The molecule has 0 unspecified atom stereocenters. The lowest BCUT2D eigenvalue weighted by Crippen LogP contribution is -2.12. The Hall–Kier alpha value is -2.20. The van der Waals surface area contributed by atoms with Crippen LogP contribution in [0.5, 0.6) is 0 Å². The summed E-state index contributed by atoms with van der Waals surface area (Å²) in [7, 11) is 0. The van der Waals surface area contributed by atoms with Crippen molar-refractivity contribution in [2.45, 2.75) is 33.1 Å². The molecule has 124 valence electrons. The van der Waals surface area contributed by atoms with Crippen molar-refractivity contribution in [3.63, 3.8) is 0 Å². The molecule has 0 aliphatic rings. The molecule has 0 fully saturated rings. The van der Waals surface area contributed by atoms with Gasteiger partial charge in [0.25, 0.3) is 0 Å². The zero-order chi connectivity index (χ0) is 17.6. The predicted octanol–water partition coefficient (Wildman–Crippen LogP) is 5.79. The summed E-state index contributed by atoms with van der Waals surface area (Å²) in [6, 6.07) is 8.08. The topological polar surface area (TPSA) is 43.1 Å². The molecule has 0 saturated carbocycles. The summed E-state index contributed by atoms with van der Waals surface area (Å²) in [6.45, 7) is 7.59. The summed E-state index contributed by atoms with van der Waals surface area (Å²) >= 11 is 5.76. The summed E-state index contributed by atoms with van der Waals surface area (Å²) in [5.74, 6) is -0.389. The Balaban J connectivity index is 2.29. The minimum absolute atomic E-state index is 0.0676. The molecule has 0 N–H and O–H groups in total. The van der Waals surface area contributed by atoms with Gasteiger partial charge >= 0.3 is 0 Å². The fraction of sp³-hybridized carbons (Fsp3) is 0.263. The number of pyridine rings is 1. The van der Waals surface area contributed by atoms with Crippen LogP contribution in [0.2, 0.25) is 5.02 Å². The van der Waals surface area contributed by atoms with E-state index in [4.69, 9.17) is 16.0 Å². The molecule has 0 saturated heterocycles. The zero-order valence-electron chi connectivity index (χ0n) is 13.9. The van der Waals surface area contributed by atoms with E-state index < -0.39 is 5.82 Å². The summed E-state index contributed by atoms with van der Waals surface area (Å²) in [4.78, 5) is 16.2. The lowest BCUT2D eigenvalue weighted by molar-refractivity contribution is 0.0989. The van der Waals surface area contributed by atoms with Crippen molar-refractivity contribution in [3.05, 3.63) is 52.5 Å². The van der Waals surface area contributed by atoms with Crippen LogP contribution >= 0.6 is 11.6 Å². The molecule has 0 spiro atoms. The number of carbonyl (C=O) groups is 1. The molecule has 1 aromatic carbocycles. The van der Waals surface area contributed by atoms with Gasteiger partial charge in [0.05, 0.1) is 10.7 Å². The van der Waals surface area contributed by atoms with Crippen LogP contribution in [0.25, 0.3) is 22.4 Å². The lowest BCUT2D eigenvalue weighted by Gasteiger charge is -2.20. The number of hydrogen-bond acceptors (Lipinski definition) is 3. The zero-order valence-corrected chi connectivity index (χ0v) is 14.7. The van der Waals surface area contributed by atoms with Crippen molar-refractivity contribution in [1.82, 2.24) is 4.98 Å². The van der Waals surface area contributed by atoms with Crippen LogP contribution in [0.15, 0.2) is 34.7 Å². The normalized spacial score (nSPS) is 11.9. The largest absolute Gasteiger partial charge is 0.451 e. The second kappa shape index (κ2) is 5.71. The number of ketones is 1. The highest BCUT2D eigenvalue weighted by Gasteiger charge is 2.23. The van der Waals surface area contributed by atoms with Crippen LogP contribution in [-0.4, -0.2) is 10.8 Å². The molecule has 3 nitrogen and oxygen atoms in total. The number of benzene rings is 1. The first kappa shape index (κ1) is 16.7. The maximum atomic E-state index is 13.8. The van der Waals surface area contributed by atoms with Gasteiger partial charge in [-0.05, 0) is 23.6 Å². The first-order valence-corrected chi connectivity index (χ1v) is 7.96. The number of carbonyl (C=O) groups excluding carboxylic acids is 1. The highest BCUT2D eigenvalue weighted by molar-refractivity contribution is 6.30. The smallest absolute Gasteiger partial charge is 0.195 e. The standard InChI is InChI=1S/C19H17ClFNO2/c1-10(23)17-9-16-18(24-17)12(19(2,3)4)8-15(22-16)11-5-6-13(20)14(21)7-11/h5-9H,1-4H3. The van der Waals surface area contributed by atoms with Crippen LogP contribution in [0, 0.1) is 5.82 Å². The number of furan rings is 1. The number of halogens is 2. The van der Waals surface area contributed by atoms with Crippen molar-refractivity contribution in [3.8, 4) is 11.3 Å². The number of Topliss-reactive ketones (excluding diaryl/α,β-unsaturated/α-hetero) is 1. The van der Waals surface area contributed by atoms with Crippen LogP contribution in [0.4, 0.5) is 4.39 Å². The minimum atomic E-state index is -0.495. The second-order valence-electron chi connectivity index (χ2n) is 6.82. The average Bonchev–Trinajstić information content (AvgIpc) is 2.92. The number of hydrogen-bond donors (Lipinski definition) is 0. The maximum absolute atomic E-state index is 13.8. The second-order valence-corrected chi connectivity index (χ2v) is 7.22. The number of aromatic nitrogens is 1. The Morgan fingerprint density at radius 1 is 1.21 bits per heavy atom. The third-order valence-corrected chi connectivity index (χ3v) is 4.16. The Morgan fingerprint density at radius 3 is 2.50 bits per heavy atom. The van der Waals surface area contributed by atoms with Gasteiger partial charge < -0.3 is 4.42 Å². The molecule has 0 atom stereocenters. The molecule has 0 bridgehead atoms. The van der Waals surface area contributed by atoms with Gasteiger partial charge in [0.1, 0.15) is 11.3 Å². The van der Waals surface area contributed by atoms with Crippen molar-refractivity contribution in [2.75, 3.05) is 0 Å². The van der Waals surface area contributed by atoms with E-state index in [0.29, 0.717) is 22.4 Å². The van der Waals surface area contributed by atoms with Crippen molar-refractivity contribution >= 4 is 28.5 Å². The maximum Gasteiger partial charge on any atom is 0.195 e. The van der Waals surface area contributed by atoms with Gasteiger partial charge in [-0.2, -0.15) is 0 Å². The van der Waals surface area contributed by atoms with Crippen molar-refractivity contribution in [2.24, 2.45) is 0 Å². The van der Waals surface area contributed by atoms with Gasteiger partial charge in [-0.1, -0.05) is 38.4 Å². The fourth-order valence-electron chi connectivity index (χ4n) is 2.56. The summed E-state index contributed by atoms with van der Waals surface area (Å²) in [5.41, 5.74) is 3.08. The van der Waals surface area contributed by atoms with Crippen molar-refractivity contribution < 1.29 is 13.6 Å². The van der Waals surface area contributed by atoms with E-state index in [1.54, 1.807) is 12.1 Å². The number of nitrogens with zero attached hydrogens (tertiary/aromatic N) is 1. The molecule has 0 radical (unpaired) electrons. The van der Waals surface area contributed by atoms with Crippen LogP contribution in [0.3, 0.4) is 0 Å². The summed E-state index contributed by atoms with van der Waals surface area (Å²) in [5, 5.41) is 0.0676. The molecule has 3 aromatic rings. The molecule has 5 heteroatoms. The molecule has 3 rings (SSSR count). The van der Waals surface area contributed by atoms with Gasteiger partial charge in [-0.3, -0.25) is 4.79 Å². The number of fused-ring (bicyclic) bond motifs is 1. The predicted molar refractivity (Wildman–Crippen MR) is 93.1 cm³/mol. The summed E-state index contributed by atoms with van der Waals surface area (Å²) < 4.78 is 19.5. The van der Waals surface area contributed by atoms with E-state index in [1.165, 1.54) is 19.1 Å². The van der Waals surface area contributed by atoms with Crippen molar-refractivity contribution in [1.29, 1.82) is 0 Å². The minimum Gasteiger partial charge on any atom is -0.451 e. The lowest BCUT2D eigenvalue weighted by atomic mass is 9.86. The van der Waals surface area contributed by atoms with Gasteiger partial charge in [-0.15, -0.1) is 0 Å². The molecule has 0 aliphatic carbocycles. The molecule has 0 aliphatic heterocycles. The Labute approximate surface area is 144 Å². The molecular weight excluding hydrogens is 329 g/mol. The van der Waals surface area contributed by atoms with E-state index in [0.717, 1.165) is 5.56 Å². The Morgan fingerprint density at radius 2 is 1.92 bits per heavy atom. The van der Waals surface area contributed by atoms with Gasteiger partial charge in [0.15, 0.2) is 17.1 Å². The van der Waals surface area contributed by atoms with Crippen LogP contribution in [0.1, 0.15) is 43.8 Å². The van der Waals surface area contributed by atoms with E-state index in [-0.39, 0.29) is 22.0 Å². The Bertz CT molecular complexity index is 954. The molecule has 0 amide bonds. The first-order valence-electron chi connectivity index (χ1n) is 7.58. The van der Waals surface area contributed by atoms with Gasteiger partial charge in [0, 0.05) is 24.1 Å². The third kappa shape index (κ3) is 2.94. The Kier molecular flexibility index (Phi) is 3.96. The number of rotatable bonds is 2. The van der Waals surface area contributed by atoms with E-state index in [1.807, 2.05) is 26.8 Å². The highest BCUT2D eigenvalue weighted by atomic mass is 35.5. The molecule has 2 aromatic heterocycles. The van der Waals surface area contributed by atoms with E-state index in [9.17, 15) is 9.18 Å². The van der Waals surface area contributed by atoms with Crippen LogP contribution < -0.4 is 0 Å². The van der Waals surface area contributed by atoms with E-state index >= 15 is 0 Å². The third-order valence-electron chi connectivity index (χ3n) is 3.85. The van der Waals surface area contributed by atoms with Crippen LogP contribution in [-0.2, 0) is 5.41 Å². The quantitative estimate of drug-likeness (QED) is 0.552. The van der Waals surface area contributed by atoms with Gasteiger partial charge in [-0.25, -0.2) is 9.37 Å².